The Morgan fingerprint density at radius 3 is 3.04 bits per heavy atom. The Labute approximate surface area is 142 Å². The lowest BCUT2D eigenvalue weighted by molar-refractivity contribution is -0.138. The van der Waals surface area contributed by atoms with Gasteiger partial charge in [-0.2, -0.15) is 11.3 Å². The number of nitrogens with zero attached hydrogens (tertiary/aromatic N) is 2. The van der Waals surface area contributed by atoms with Gasteiger partial charge in [0.1, 0.15) is 6.61 Å². The molecule has 0 N–H and O–H groups in total. The molecule has 0 radical (unpaired) electrons. The van der Waals surface area contributed by atoms with Crippen LogP contribution in [0, 0.1) is 0 Å². The van der Waals surface area contributed by atoms with Gasteiger partial charge in [0, 0.05) is 33.2 Å². The Balaban J connectivity index is 1.42. The number of hydrogen-bond acceptors (Lipinski definition) is 5. The number of likely N-dealkylation sites (N-methyl/N-ethyl adjacent to an activating group) is 1. The van der Waals surface area contributed by atoms with E-state index in [0.717, 1.165) is 32.4 Å². The minimum atomic E-state index is 0.00138. The Kier molecular flexibility index (Phi) is 5.69. The van der Waals surface area contributed by atoms with Gasteiger partial charge in [0.25, 0.3) is 0 Å². The van der Waals surface area contributed by atoms with E-state index in [1.807, 2.05) is 0 Å². The summed E-state index contributed by atoms with van der Waals surface area (Å²) < 4.78 is 11.7. The number of likely N-dealkylation sites (tertiary alicyclic amines) is 1. The molecule has 0 spiro atoms. The lowest BCUT2D eigenvalue weighted by Gasteiger charge is -2.36. The van der Waals surface area contributed by atoms with E-state index in [-0.39, 0.29) is 18.6 Å². The molecule has 23 heavy (non-hydrogen) atoms. The number of fused-ring (bicyclic) bond motifs is 1. The van der Waals surface area contributed by atoms with Crippen molar-refractivity contribution >= 4 is 17.2 Å². The molecular formula is C17H26N2O3S. The van der Waals surface area contributed by atoms with E-state index >= 15 is 0 Å². The van der Waals surface area contributed by atoms with Crippen LogP contribution in [0.4, 0.5) is 0 Å². The molecule has 5 nitrogen and oxygen atoms in total. The van der Waals surface area contributed by atoms with Gasteiger partial charge in [0.2, 0.25) is 5.91 Å². The summed E-state index contributed by atoms with van der Waals surface area (Å²) in [5, 5.41) is 4.37. The highest BCUT2D eigenvalue weighted by molar-refractivity contribution is 7.07. The van der Waals surface area contributed by atoms with Crippen LogP contribution in [0.25, 0.3) is 0 Å². The molecular weight excluding hydrogens is 312 g/mol. The highest BCUT2D eigenvalue weighted by Gasteiger charge is 2.39. The van der Waals surface area contributed by atoms with Gasteiger partial charge in [0.15, 0.2) is 0 Å². The summed E-state index contributed by atoms with van der Waals surface area (Å²) in [6.07, 6.45) is 3.72. The Bertz CT molecular complexity index is 506. The predicted octanol–water partition coefficient (Wildman–Crippen LogP) is 1.97. The van der Waals surface area contributed by atoms with Gasteiger partial charge in [-0.05, 0) is 41.7 Å². The molecule has 128 valence electrons. The van der Waals surface area contributed by atoms with Gasteiger partial charge in [-0.3, -0.25) is 9.69 Å². The summed E-state index contributed by atoms with van der Waals surface area (Å²) in [5.41, 5.74) is 1.41. The quantitative estimate of drug-likeness (QED) is 0.795. The first-order chi connectivity index (χ1) is 11.1. The average molecular weight is 338 g/mol. The van der Waals surface area contributed by atoms with E-state index in [1.165, 1.54) is 5.56 Å². The third kappa shape index (κ3) is 4.32. The normalized spacial score (nSPS) is 27.8. The third-order valence-electron chi connectivity index (χ3n) is 4.74. The molecule has 1 amide bonds. The van der Waals surface area contributed by atoms with Crippen LogP contribution in [0.1, 0.15) is 24.8 Å². The molecule has 6 heteroatoms. The number of ether oxygens (including phenoxy) is 2. The Morgan fingerprint density at radius 2 is 2.30 bits per heavy atom. The smallest absolute Gasteiger partial charge is 0.248 e. The zero-order chi connectivity index (χ0) is 16.2. The molecule has 0 aromatic carbocycles. The summed E-state index contributed by atoms with van der Waals surface area (Å²) in [4.78, 5) is 15.6. The lowest BCUT2D eigenvalue weighted by Crippen LogP contribution is -2.43. The van der Waals surface area contributed by atoms with Crippen molar-refractivity contribution in [1.29, 1.82) is 0 Å². The third-order valence-corrected chi connectivity index (χ3v) is 5.48. The second-order valence-corrected chi connectivity index (χ2v) is 7.42. The minimum Gasteiger partial charge on any atom is -0.371 e. The van der Waals surface area contributed by atoms with Crippen LogP contribution < -0.4 is 0 Å². The first kappa shape index (κ1) is 16.9. The van der Waals surface area contributed by atoms with Gasteiger partial charge >= 0.3 is 0 Å². The van der Waals surface area contributed by atoms with Crippen molar-refractivity contribution in [3.8, 4) is 0 Å². The number of carbonyl (C=O) groups excluding carboxylic acids is 1. The molecule has 3 atom stereocenters. The molecule has 2 saturated heterocycles. The molecule has 3 rings (SSSR count). The van der Waals surface area contributed by atoms with Crippen molar-refractivity contribution in [2.75, 3.05) is 33.9 Å². The van der Waals surface area contributed by atoms with Crippen LogP contribution >= 0.6 is 11.3 Å². The first-order valence-electron chi connectivity index (χ1n) is 8.32. The van der Waals surface area contributed by atoms with Crippen molar-refractivity contribution in [1.82, 2.24) is 9.80 Å². The fourth-order valence-corrected chi connectivity index (χ4v) is 4.09. The fourth-order valence-electron chi connectivity index (χ4n) is 3.43. The Hall–Kier alpha value is -0.950. The van der Waals surface area contributed by atoms with E-state index in [1.54, 1.807) is 30.3 Å². The molecule has 1 aromatic rings. The Morgan fingerprint density at radius 1 is 1.43 bits per heavy atom. The number of rotatable bonds is 6. The van der Waals surface area contributed by atoms with Crippen molar-refractivity contribution in [3.05, 3.63) is 22.4 Å². The van der Waals surface area contributed by atoms with Crippen molar-refractivity contribution in [3.63, 3.8) is 0 Å². The van der Waals surface area contributed by atoms with Crippen molar-refractivity contribution in [2.45, 2.75) is 44.1 Å². The van der Waals surface area contributed by atoms with Gasteiger partial charge < -0.3 is 14.4 Å². The fraction of sp³-hybridized carbons (Fsp3) is 0.706. The topological polar surface area (TPSA) is 42.0 Å². The van der Waals surface area contributed by atoms with E-state index in [9.17, 15) is 4.79 Å². The maximum atomic E-state index is 11.5. The molecule has 0 saturated carbocycles. The van der Waals surface area contributed by atoms with E-state index in [2.05, 4.69) is 21.7 Å². The largest absolute Gasteiger partial charge is 0.371 e. The molecule has 1 aromatic heterocycles. The van der Waals surface area contributed by atoms with Crippen molar-refractivity contribution < 1.29 is 14.3 Å². The van der Waals surface area contributed by atoms with Crippen LogP contribution in [-0.2, 0) is 20.8 Å². The maximum Gasteiger partial charge on any atom is 0.248 e. The SMILES string of the molecule is CN(C)C(=O)COC[C@@H]1CC[C@@H]2[C@@H](CCN2Cc2ccsc2)O1. The van der Waals surface area contributed by atoms with Gasteiger partial charge in [-0.25, -0.2) is 0 Å². The molecule has 2 fully saturated rings. The maximum absolute atomic E-state index is 11.5. The highest BCUT2D eigenvalue weighted by Crippen LogP contribution is 2.32. The number of thiophene rings is 1. The highest BCUT2D eigenvalue weighted by atomic mass is 32.1. The van der Waals surface area contributed by atoms with Crippen LogP contribution in [-0.4, -0.2) is 67.8 Å². The monoisotopic (exact) mass is 338 g/mol. The number of amides is 1. The summed E-state index contributed by atoms with van der Waals surface area (Å²) in [7, 11) is 3.49. The lowest BCUT2D eigenvalue weighted by atomic mass is 9.99. The predicted molar refractivity (Wildman–Crippen MR) is 90.5 cm³/mol. The average Bonchev–Trinajstić information content (AvgIpc) is 3.17. The standard InChI is InChI=1S/C17H26N2O3S/c1-18(2)17(20)11-21-10-14-3-4-15-16(22-14)5-7-19(15)9-13-6-8-23-12-13/h6,8,12,14-16H,3-5,7,9-11H2,1-2H3/t14-,15+,16+/m0/s1. The minimum absolute atomic E-state index is 0.00138. The van der Waals surface area contributed by atoms with E-state index in [0.29, 0.717) is 18.8 Å². The summed E-state index contributed by atoms with van der Waals surface area (Å²) in [6.45, 7) is 2.81. The number of carbonyl (C=O) groups is 1. The second kappa shape index (κ2) is 7.75. The van der Waals surface area contributed by atoms with Crippen LogP contribution in [0.5, 0.6) is 0 Å². The van der Waals surface area contributed by atoms with E-state index in [4.69, 9.17) is 9.47 Å². The first-order valence-corrected chi connectivity index (χ1v) is 9.26. The molecule has 0 aliphatic carbocycles. The molecule has 0 unspecified atom stereocenters. The van der Waals surface area contributed by atoms with Gasteiger partial charge in [-0.1, -0.05) is 0 Å². The van der Waals surface area contributed by atoms with Crippen LogP contribution in [0.3, 0.4) is 0 Å². The number of hydrogen-bond donors (Lipinski definition) is 0. The zero-order valence-corrected chi connectivity index (χ0v) is 14.8. The molecule has 2 aliphatic rings. The summed E-state index contributed by atoms with van der Waals surface area (Å²) >= 11 is 1.76. The molecule has 0 bridgehead atoms. The second-order valence-electron chi connectivity index (χ2n) is 6.64. The van der Waals surface area contributed by atoms with Crippen LogP contribution in [0.2, 0.25) is 0 Å². The summed E-state index contributed by atoms with van der Waals surface area (Å²) in [5.74, 6) is 0.00138. The van der Waals surface area contributed by atoms with E-state index < -0.39 is 0 Å². The molecule has 2 aliphatic heterocycles. The van der Waals surface area contributed by atoms with Gasteiger partial charge in [-0.15, -0.1) is 0 Å². The zero-order valence-electron chi connectivity index (χ0n) is 13.9. The van der Waals surface area contributed by atoms with Gasteiger partial charge in [0.05, 0.1) is 18.8 Å². The van der Waals surface area contributed by atoms with Crippen LogP contribution in [0.15, 0.2) is 16.8 Å². The summed E-state index contributed by atoms with van der Waals surface area (Å²) in [6, 6.07) is 2.75. The molecule has 3 heterocycles. The van der Waals surface area contributed by atoms with Crippen molar-refractivity contribution in [2.24, 2.45) is 0 Å².